The highest BCUT2D eigenvalue weighted by molar-refractivity contribution is 5.85. The van der Waals surface area contributed by atoms with Crippen molar-refractivity contribution in [2.24, 2.45) is 12.5 Å². The molecule has 4 aromatic rings. The summed E-state index contributed by atoms with van der Waals surface area (Å²) < 4.78 is 7.91. The van der Waals surface area contributed by atoms with E-state index in [9.17, 15) is 0 Å². The zero-order valence-corrected chi connectivity index (χ0v) is 19.9. The largest absolute Gasteiger partial charge is 0.371 e. The van der Waals surface area contributed by atoms with Crippen LogP contribution in [-0.4, -0.2) is 28.0 Å². The summed E-state index contributed by atoms with van der Waals surface area (Å²) in [5.41, 5.74) is 9.08. The number of anilines is 1. The minimum Gasteiger partial charge on any atom is -0.371 e. The molecular weight excluding hydrogens is 420 g/mol. The van der Waals surface area contributed by atoms with Gasteiger partial charge in [-0.2, -0.15) is 5.10 Å². The normalized spacial score (nSPS) is 19.5. The first-order valence-electron chi connectivity index (χ1n) is 12.5. The van der Waals surface area contributed by atoms with Gasteiger partial charge in [0.2, 0.25) is 0 Å². The van der Waals surface area contributed by atoms with Crippen LogP contribution in [0.5, 0.6) is 0 Å². The number of hydrogen-bond donors (Lipinski definition) is 0. The van der Waals surface area contributed by atoms with E-state index in [1.54, 1.807) is 0 Å². The molecule has 3 aliphatic rings. The summed E-state index contributed by atoms with van der Waals surface area (Å²) in [7, 11) is 2.00. The Labute approximate surface area is 200 Å². The maximum absolute atomic E-state index is 5.97. The van der Waals surface area contributed by atoms with Crippen LogP contribution < -0.4 is 4.90 Å². The number of hydrogen-bond acceptors (Lipinski definition) is 4. The zero-order valence-electron chi connectivity index (χ0n) is 19.9. The molecule has 0 bridgehead atoms. The van der Waals surface area contributed by atoms with Crippen molar-refractivity contribution in [3.05, 3.63) is 71.6 Å². The van der Waals surface area contributed by atoms with Gasteiger partial charge in [-0.15, -0.1) is 0 Å². The summed E-state index contributed by atoms with van der Waals surface area (Å²) in [6.45, 7) is 4.36. The van der Waals surface area contributed by atoms with E-state index in [-0.39, 0.29) is 0 Å². The van der Waals surface area contributed by atoms with E-state index in [1.165, 1.54) is 64.5 Å². The number of fused-ring (bicyclic) bond motifs is 1. The predicted octanol–water partition coefficient (Wildman–Crippen LogP) is 6.49. The lowest BCUT2D eigenvalue weighted by atomic mass is 9.63. The van der Waals surface area contributed by atoms with E-state index in [0.29, 0.717) is 11.3 Å². The SMILES string of the molecule is Cc1ccccc1-c1noc(C2CC2)c1C1=CC2(CCN(c3ccc4c(cnn4C)c3)CC2)C1. The van der Waals surface area contributed by atoms with E-state index >= 15 is 0 Å². The number of benzene rings is 2. The van der Waals surface area contributed by atoms with Crippen LogP contribution in [0.4, 0.5) is 5.69 Å². The van der Waals surface area contributed by atoms with Crippen LogP contribution in [0.15, 0.2) is 59.3 Å². The number of rotatable bonds is 4. The summed E-state index contributed by atoms with van der Waals surface area (Å²) in [6, 6.07) is 15.3. The van der Waals surface area contributed by atoms with Gasteiger partial charge in [-0.1, -0.05) is 35.5 Å². The topological polar surface area (TPSA) is 47.1 Å². The molecule has 2 aliphatic carbocycles. The molecule has 1 saturated carbocycles. The summed E-state index contributed by atoms with van der Waals surface area (Å²) in [4.78, 5) is 2.54. The van der Waals surface area contributed by atoms with Crippen LogP contribution in [-0.2, 0) is 7.05 Å². The van der Waals surface area contributed by atoms with Gasteiger partial charge in [0.25, 0.3) is 0 Å². The van der Waals surface area contributed by atoms with Gasteiger partial charge in [0.15, 0.2) is 0 Å². The number of aromatic nitrogens is 3. The second kappa shape index (κ2) is 7.33. The molecule has 7 rings (SSSR count). The zero-order chi connectivity index (χ0) is 22.9. The molecule has 2 fully saturated rings. The van der Waals surface area contributed by atoms with Gasteiger partial charge in [0.05, 0.1) is 11.7 Å². The van der Waals surface area contributed by atoms with Crippen molar-refractivity contribution in [1.29, 1.82) is 0 Å². The molecule has 3 heterocycles. The molecular formula is C29H30N4O. The molecule has 0 radical (unpaired) electrons. The Morgan fingerprint density at radius 3 is 2.62 bits per heavy atom. The van der Waals surface area contributed by atoms with Crippen molar-refractivity contribution in [3.8, 4) is 11.3 Å². The van der Waals surface area contributed by atoms with Crippen molar-refractivity contribution in [2.45, 2.75) is 44.9 Å². The molecule has 5 heteroatoms. The van der Waals surface area contributed by atoms with E-state index < -0.39 is 0 Å². The van der Waals surface area contributed by atoms with Gasteiger partial charge < -0.3 is 9.42 Å². The van der Waals surface area contributed by atoms with Gasteiger partial charge in [-0.05, 0) is 73.8 Å². The smallest absolute Gasteiger partial charge is 0.147 e. The molecule has 5 nitrogen and oxygen atoms in total. The number of piperidine rings is 1. The molecule has 2 aromatic heterocycles. The highest BCUT2D eigenvalue weighted by atomic mass is 16.5. The van der Waals surface area contributed by atoms with Crippen LogP contribution in [0.2, 0.25) is 0 Å². The number of nitrogens with zero attached hydrogens (tertiary/aromatic N) is 4. The minimum absolute atomic E-state index is 0.325. The minimum atomic E-state index is 0.325. The maximum Gasteiger partial charge on any atom is 0.147 e. The Morgan fingerprint density at radius 1 is 1.06 bits per heavy atom. The average Bonchev–Trinajstić information content (AvgIpc) is 3.49. The van der Waals surface area contributed by atoms with Gasteiger partial charge in [-0.3, -0.25) is 4.68 Å². The van der Waals surface area contributed by atoms with Gasteiger partial charge in [-0.25, -0.2) is 0 Å². The van der Waals surface area contributed by atoms with E-state index in [0.717, 1.165) is 31.0 Å². The van der Waals surface area contributed by atoms with Crippen LogP contribution in [0.3, 0.4) is 0 Å². The fourth-order valence-electron chi connectivity index (χ4n) is 6.02. The summed E-state index contributed by atoms with van der Waals surface area (Å²) >= 11 is 0. The van der Waals surface area contributed by atoms with E-state index in [4.69, 9.17) is 4.52 Å². The Kier molecular flexibility index (Phi) is 4.33. The lowest BCUT2D eigenvalue weighted by Crippen LogP contribution is -2.42. The summed E-state index contributed by atoms with van der Waals surface area (Å²) in [5, 5.41) is 10.2. The highest BCUT2D eigenvalue weighted by Crippen LogP contribution is 2.55. The molecule has 0 amide bonds. The standard InChI is InChI=1S/C29H30N4O/c1-19-5-3-4-6-24(19)27-26(28(34-31-27)20-7-8-20)22-16-29(17-22)11-13-33(14-12-29)23-9-10-25-21(15-23)18-30-32(25)2/h3-6,9-10,15-16,18,20H,7-8,11-14,17H2,1-2H3. The molecule has 34 heavy (non-hydrogen) atoms. The second-order valence-corrected chi connectivity index (χ2v) is 10.6. The van der Waals surface area contributed by atoms with Crippen LogP contribution >= 0.6 is 0 Å². The van der Waals surface area contributed by atoms with Gasteiger partial charge >= 0.3 is 0 Å². The molecule has 0 atom stereocenters. The average molecular weight is 451 g/mol. The maximum atomic E-state index is 5.97. The fourth-order valence-corrected chi connectivity index (χ4v) is 6.02. The summed E-state index contributed by atoms with van der Waals surface area (Å²) in [6.07, 6.45) is 10.5. The number of aryl methyl sites for hydroxylation is 2. The number of allylic oxidation sites excluding steroid dienone is 2. The first-order valence-corrected chi connectivity index (χ1v) is 12.5. The van der Waals surface area contributed by atoms with Crippen LogP contribution in [0.1, 0.15) is 54.9 Å². The van der Waals surface area contributed by atoms with Crippen molar-refractivity contribution in [1.82, 2.24) is 14.9 Å². The van der Waals surface area contributed by atoms with Gasteiger partial charge in [0, 0.05) is 48.3 Å². The fraction of sp³-hybridized carbons (Fsp3) is 0.379. The molecule has 1 saturated heterocycles. The molecule has 0 unspecified atom stereocenters. The van der Waals surface area contributed by atoms with Crippen molar-refractivity contribution < 1.29 is 4.52 Å². The Bertz CT molecular complexity index is 1430. The highest BCUT2D eigenvalue weighted by Gasteiger charge is 2.43. The van der Waals surface area contributed by atoms with Crippen molar-refractivity contribution in [2.75, 3.05) is 18.0 Å². The Morgan fingerprint density at radius 2 is 1.85 bits per heavy atom. The Hall–Kier alpha value is -3.34. The second-order valence-electron chi connectivity index (χ2n) is 10.6. The third-order valence-corrected chi connectivity index (χ3v) is 8.27. The first-order chi connectivity index (χ1) is 16.6. The lowest BCUT2D eigenvalue weighted by Gasteiger charge is -2.47. The van der Waals surface area contributed by atoms with E-state index in [2.05, 4.69) is 70.6 Å². The first kappa shape index (κ1) is 20.1. The third-order valence-electron chi connectivity index (χ3n) is 8.27. The predicted molar refractivity (Wildman–Crippen MR) is 136 cm³/mol. The molecule has 0 N–H and O–H groups in total. The van der Waals surface area contributed by atoms with Crippen LogP contribution in [0.25, 0.3) is 27.7 Å². The van der Waals surface area contributed by atoms with Crippen LogP contribution in [0, 0.1) is 12.3 Å². The quantitative estimate of drug-likeness (QED) is 0.357. The van der Waals surface area contributed by atoms with E-state index in [1.807, 2.05) is 17.9 Å². The molecule has 2 aromatic carbocycles. The van der Waals surface area contributed by atoms with Crippen molar-refractivity contribution in [3.63, 3.8) is 0 Å². The molecule has 1 spiro atoms. The molecule has 172 valence electrons. The van der Waals surface area contributed by atoms with Crippen molar-refractivity contribution >= 4 is 22.2 Å². The Balaban J connectivity index is 1.14. The lowest BCUT2D eigenvalue weighted by molar-refractivity contribution is 0.277. The monoisotopic (exact) mass is 450 g/mol. The van der Waals surface area contributed by atoms with Gasteiger partial charge in [0.1, 0.15) is 11.5 Å². The third kappa shape index (κ3) is 3.13. The summed E-state index contributed by atoms with van der Waals surface area (Å²) in [5.74, 6) is 1.68. The molecule has 1 aliphatic heterocycles.